The average Bonchev–Trinajstić information content (AvgIpc) is 2.74. The molecule has 4 heteroatoms. The lowest BCUT2D eigenvalue weighted by atomic mass is 10.1. The summed E-state index contributed by atoms with van der Waals surface area (Å²) < 4.78 is 0. The molecule has 1 unspecified atom stereocenters. The van der Waals surface area contributed by atoms with Gasteiger partial charge in [0.1, 0.15) is 5.25 Å². The number of benzene rings is 1. The Morgan fingerprint density at radius 3 is 2.06 bits per heavy atom. The molecule has 1 fully saturated rings. The molecular weight excluding hydrogens is 246 g/mol. The van der Waals surface area contributed by atoms with Gasteiger partial charge in [0, 0.05) is 0 Å². The molecule has 1 aromatic carbocycles. The molecule has 1 aromatic rings. The van der Waals surface area contributed by atoms with Gasteiger partial charge in [-0.05, 0) is 29.8 Å². The first-order valence-corrected chi connectivity index (χ1v) is 7.13. The van der Waals surface area contributed by atoms with Gasteiger partial charge in [0.25, 0.3) is 5.24 Å². The van der Waals surface area contributed by atoms with Gasteiger partial charge < -0.3 is 0 Å². The molecule has 0 saturated carbocycles. The topological polar surface area (TPSA) is 46.2 Å². The van der Waals surface area contributed by atoms with Crippen LogP contribution in [0.25, 0.3) is 0 Å². The normalized spacial score (nSPS) is 17.1. The van der Waals surface area contributed by atoms with Crippen molar-refractivity contribution < 1.29 is 9.59 Å². The van der Waals surface area contributed by atoms with E-state index < -0.39 is 0 Å². The van der Waals surface area contributed by atoms with E-state index in [0.29, 0.717) is 0 Å². The van der Waals surface area contributed by atoms with E-state index >= 15 is 0 Å². The number of carbonyl (C=O) groups is 2. The summed E-state index contributed by atoms with van der Waals surface area (Å²) in [7, 11) is 0. The fourth-order valence-corrected chi connectivity index (χ4v) is 2.37. The molecule has 100 valence electrons. The lowest BCUT2D eigenvalue weighted by Crippen LogP contribution is -2.20. The second kappa shape index (κ2) is 8.75. The van der Waals surface area contributed by atoms with Crippen LogP contribution in [0.2, 0.25) is 0 Å². The van der Waals surface area contributed by atoms with Crippen molar-refractivity contribution in [2.75, 3.05) is 0 Å². The first-order valence-electron chi connectivity index (χ1n) is 6.25. The van der Waals surface area contributed by atoms with E-state index in [0.717, 1.165) is 22.9 Å². The summed E-state index contributed by atoms with van der Waals surface area (Å²) in [5.41, 5.74) is 1.95. The minimum Gasteiger partial charge on any atom is -0.286 e. The number of thioether (sulfide) groups is 1. The van der Waals surface area contributed by atoms with Crippen LogP contribution in [0.15, 0.2) is 24.3 Å². The van der Waals surface area contributed by atoms with Gasteiger partial charge in [0.05, 0.1) is 0 Å². The maximum Gasteiger partial charge on any atom is 0.286 e. The summed E-state index contributed by atoms with van der Waals surface area (Å²) in [4.78, 5) is 22.4. The third kappa shape index (κ3) is 4.18. The average molecular weight is 267 g/mol. The van der Waals surface area contributed by atoms with E-state index in [1.165, 1.54) is 0 Å². The molecule has 1 aliphatic heterocycles. The summed E-state index contributed by atoms with van der Waals surface area (Å²) >= 11 is 1.04. The second-order valence-electron chi connectivity index (χ2n) is 3.13. The smallest absolute Gasteiger partial charge is 0.286 e. The van der Waals surface area contributed by atoms with E-state index in [4.69, 9.17) is 0 Å². The molecule has 1 atom stereocenters. The Morgan fingerprint density at radius 1 is 1.06 bits per heavy atom. The highest BCUT2D eigenvalue weighted by Crippen LogP contribution is 2.35. The lowest BCUT2D eigenvalue weighted by Gasteiger charge is -2.08. The van der Waals surface area contributed by atoms with Crippen molar-refractivity contribution in [1.29, 1.82) is 0 Å². The predicted octanol–water partition coefficient (Wildman–Crippen LogP) is 4.07. The van der Waals surface area contributed by atoms with Crippen LogP contribution in [-0.4, -0.2) is 11.1 Å². The van der Waals surface area contributed by atoms with Crippen molar-refractivity contribution in [3.63, 3.8) is 0 Å². The number of carbonyl (C=O) groups excluding carboxylic acids is 2. The molecular formula is C14H21NO2S. The van der Waals surface area contributed by atoms with E-state index in [9.17, 15) is 9.59 Å². The Hall–Kier alpha value is -1.29. The van der Waals surface area contributed by atoms with Gasteiger partial charge in [-0.1, -0.05) is 52.0 Å². The van der Waals surface area contributed by atoms with Gasteiger partial charge in [-0.25, -0.2) is 0 Å². The van der Waals surface area contributed by atoms with Crippen LogP contribution < -0.4 is 5.32 Å². The van der Waals surface area contributed by atoms with E-state index in [1.54, 1.807) is 0 Å². The molecule has 1 heterocycles. The van der Waals surface area contributed by atoms with Crippen molar-refractivity contribution in [3.05, 3.63) is 35.4 Å². The highest BCUT2D eigenvalue weighted by atomic mass is 32.2. The Kier molecular flexibility index (Phi) is 8.12. The number of rotatable bonds is 1. The lowest BCUT2D eigenvalue weighted by molar-refractivity contribution is -0.119. The van der Waals surface area contributed by atoms with Gasteiger partial charge in [0.2, 0.25) is 5.91 Å². The van der Waals surface area contributed by atoms with Crippen molar-refractivity contribution in [2.24, 2.45) is 0 Å². The van der Waals surface area contributed by atoms with Gasteiger partial charge in [-0.15, -0.1) is 0 Å². The summed E-state index contributed by atoms with van der Waals surface area (Å²) in [5, 5.41) is 1.65. The quantitative estimate of drug-likeness (QED) is 0.834. The van der Waals surface area contributed by atoms with Gasteiger partial charge >= 0.3 is 0 Å². The molecule has 0 bridgehead atoms. The summed E-state index contributed by atoms with van der Waals surface area (Å²) in [6.07, 6.45) is 0. The Labute approximate surface area is 113 Å². The van der Waals surface area contributed by atoms with Crippen molar-refractivity contribution >= 4 is 22.9 Å². The molecule has 2 rings (SSSR count). The largest absolute Gasteiger partial charge is 0.286 e. The predicted molar refractivity (Wildman–Crippen MR) is 77.7 cm³/mol. The van der Waals surface area contributed by atoms with Gasteiger partial charge in [0.15, 0.2) is 0 Å². The summed E-state index contributed by atoms with van der Waals surface area (Å²) in [6.45, 7) is 9.94. The van der Waals surface area contributed by atoms with E-state index in [1.807, 2.05) is 58.9 Å². The number of hydrogen-bond donors (Lipinski definition) is 1. The van der Waals surface area contributed by atoms with Crippen LogP contribution in [0.1, 0.15) is 44.1 Å². The molecule has 2 amide bonds. The minimum absolute atomic E-state index is 0.214. The van der Waals surface area contributed by atoms with Crippen molar-refractivity contribution in [1.82, 2.24) is 5.32 Å². The molecule has 0 aromatic heterocycles. The molecule has 1 N–H and O–H groups in total. The first kappa shape index (κ1) is 16.7. The van der Waals surface area contributed by atoms with E-state index in [2.05, 4.69) is 5.32 Å². The first-order chi connectivity index (χ1) is 8.68. The highest BCUT2D eigenvalue weighted by molar-refractivity contribution is 8.15. The number of amides is 2. The number of imide groups is 1. The van der Waals surface area contributed by atoms with Crippen LogP contribution >= 0.6 is 11.8 Å². The second-order valence-corrected chi connectivity index (χ2v) is 4.21. The molecule has 0 radical (unpaired) electrons. The molecule has 3 nitrogen and oxygen atoms in total. The number of nitrogens with one attached hydrogen (secondary N) is 1. The molecule has 18 heavy (non-hydrogen) atoms. The maximum atomic E-state index is 11.4. The van der Waals surface area contributed by atoms with Gasteiger partial charge in [-0.2, -0.15) is 0 Å². The monoisotopic (exact) mass is 267 g/mol. The Morgan fingerprint density at radius 2 is 1.61 bits per heavy atom. The molecule has 0 spiro atoms. The third-order valence-corrected chi connectivity index (χ3v) is 3.18. The van der Waals surface area contributed by atoms with Crippen LogP contribution in [0.4, 0.5) is 4.79 Å². The van der Waals surface area contributed by atoms with Crippen LogP contribution in [0.5, 0.6) is 0 Å². The fraction of sp³-hybridized carbons (Fsp3) is 0.429. The Bertz CT molecular complexity index is 405. The summed E-state index contributed by atoms with van der Waals surface area (Å²) in [6, 6.07) is 7.61. The number of hydrogen-bond acceptors (Lipinski definition) is 3. The third-order valence-electron chi connectivity index (χ3n) is 2.16. The fourth-order valence-electron chi connectivity index (χ4n) is 1.44. The standard InChI is InChI=1S/C10H9NO2S.2C2H6/c1-6-4-2-3-5-7(6)8-9(12)11-10(13)14-8;2*1-2/h2-5,8H,1H3,(H,11,12,13);2*1-2H3. The zero-order chi connectivity index (χ0) is 14.1. The molecule has 1 saturated heterocycles. The zero-order valence-electron chi connectivity index (χ0n) is 11.6. The molecule has 1 aliphatic rings. The van der Waals surface area contributed by atoms with Crippen LogP contribution in [-0.2, 0) is 4.79 Å². The van der Waals surface area contributed by atoms with Gasteiger partial charge in [-0.3, -0.25) is 14.9 Å². The SMILES string of the molecule is CC.CC.Cc1ccccc1C1SC(=O)NC1=O. The van der Waals surface area contributed by atoms with Crippen molar-refractivity contribution in [2.45, 2.75) is 39.9 Å². The zero-order valence-corrected chi connectivity index (χ0v) is 12.4. The van der Waals surface area contributed by atoms with Crippen molar-refractivity contribution in [3.8, 4) is 0 Å². The number of aryl methyl sites for hydroxylation is 1. The Balaban J connectivity index is 0.000000659. The molecule has 0 aliphatic carbocycles. The van der Waals surface area contributed by atoms with Crippen LogP contribution in [0, 0.1) is 6.92 Å². The summed E-state index contributed by atoms with van der Waals surface area (Å²) in [5.74, 6) is -0.214. The maximum absolute atomic E-state index is 11.4. The highest BCUT2D eigenvalue weighted by Gasteiger charge is 2.33. The van der Waals surface area contributed by atoms with Crippen LogP contribution in [0.3, 0.4) is 0 Å². The minimum atomic E-state index is -0.372. The van der Waals surface area contributed by atoms with E-state index in [-0.39, 0.29) is 16.4 Å².